The van der Waals surface area contributed by atoms with Crippen LogP contribution in [0.3, 0.4) is 0 Å². The van der Waals surface area contributed by atoms with Gasteiger partial charge in [0.05, 0.1) is 0 Å². The van der Waals surface area contributed by atoms with Crippen LogP contribution < -0.4 is 5.73 Å². The molecule has 0 fully saturated rings. The van der Waals surface area contributed by atoms with Crippen molar-refractivity contribution in [2.45, 2.75) is 25.7 Å². The summed E-state index contributed by atoms with van der Waals surface area (Å²) in [6, 6.07) is 0. The van der Waals surface area contributed by atoms with Gasteiger partial charge in [-0.15, -0.1) is 0 Å². The van der Waals surface area contributed by atoms with Crippen molar-refractivity contribution in [2.75, 3.05) is 6.54 Å². The molecule has 0 aromatic rings. The lowest BCUT2D eigenvalue weighted by molar-refractivity contribution is -0.119. The van der Waals surface area contributed by atoms with E-state index in [2.05, 4.69) is 18.7 Å². The maximum Gasteiger partial charge on any atom is 0.162 e. The van der Waals surface area contributed by atoms with Crippen molar-refractivity contribution >= 4 is 5.78 Å². The second-order valence-corrected chi connectivity index (χ2v) is 3.81. The van der Waals surface area contributed by atoms with Crippen LogP contribution in [0.5, 0.6) is 0 Å². The third-order valence-corrected chi connectivity index (χ3v) is 2.69. The van der Waals surface area contributed by atoms with Gasteiger partial charge in [0.15, 0.2) is 5.78 Å². The molecule has 0 heterocycles. The van der Waals surface area contributed by atoms with E-state index in [-0.39, 0.29) is 11.7 Å². The van der Waals surface area contributed by atoms with Gasteiger partial charge >= 0.3 is 0 Å². The predicted octanol–water partition coefficient (Wildman–Crippen LogP) is 2.37. The Morgan fingerprint density at radius 2 is 2.33 bits per heavy atom. The molecule has 1 aliphatic rings. The highest BCUT2D eigenvalue weighted by molar-refractivity contribution is 5.97. The van der Waals surface area contributed by atoms with Crippen LogP contribution in [0.1, 0.15) is 25.7 Å². The van der Waals surface area contributed by atoms with E-state index in [1.807, 2.05) is 0 Å². The molecule has 0 aliphatic heterocycles. The summed E-state index contributed by atoms with van der Waals surface area (Å²) in [6.45, 7) is 4.15. The summed E-state index contributed by atoms with van der Waals surface area (Å²) in [5.74, 6) is 0.414. The number of rotatable bonds is 5. The summed E-state index contributed by atoms with van der Waals surface area (Å²) in [5, 5.41) is 0. The molecule has 0 spiro atoms. The van der Waals surface area contributed by atoms with E-state index in [1.165, 1.54) is 0 Å². The first-order valence-electron chi connectivity index (χ1n) is 5.50. The third-order valence-electron chi connectivity index (χ3n) is 2.69. The fourth-order valence-electron chi connectivity index (χ4n) is 1.88. The zero-order valence-electron chi connectivity index (χ0n) is 9.11. The smallest absolute Gasteiger partial charge is 0.162 e. The maximum absolute atomic E-state index is 12.1. The van der Waals surface area contributed by atoms with Crippen LogP contribution in [0.2, 0.25) is 0 Å². The van der Waals surface area contributed by atoms with Gasteiger partial charge in [0, 0.05) is 5.92 Å². The van der Waals surface area contributed by atoms with Crippen LogP contribution in [-0.2, 0) is 4.79 Å². The Hall–Kier alpha value is -1.15. The Balaban J connectivity index is 2.66. The van der Waals surface area contributed by atoms with Crippen molar-refractivity contribution in [1.82, 2.24) is 0 Å². The van der Waals surface area contributed by atoms with Gasteiger partial charge in [-0.3, -0.25) is 4.79 Å². The van der Waals surface area contributed by atoms with Crippen LogP contribution in [-0.4, -0.2) is 12.3 Å². The number of hydrogen-bond donors (Lipinski definition) is 1. The highest BCUT2D eigenvalue weighted by Gasteiger charge is 2.21. The number of hydrogen-bond acceptors (Lipinski definition) is 2. The molecule has 15 heavy (non-hydrogen) atoms. The lowest BCUT2D eigenvalue weighted by Crippen LogP contribution is -2.19. The van der Waals surface area contributed by atoms with Crippen LogP contribution >= 0.6 is 0 Å². The molecule has 0 saturated heterocycles. The average Bonchev–Trinajstić information content (AvgIpc) is 2.29. The quantitative estimate of drug-likeness (QED) is 0.425. The van der Waals surface area contributed by atoms with Crippen molar-refractivity contribution in [3.63, 3.8) is 0 Å². The summed E-state index contributed by atoms with van der Waals surface area (Å²) in [7, 11) is 0. The minimum absolute atomic E-state index is 0.160. The maximum atomic E-state index is 12.1. The van der Waals surface area contributed by atoms with Gasteiger partial charge in [-0.25, -0.2) is 0 Å². The Morgan fingerprint density at radius 3 is 2.87 bits per heavy atom. The molecule has 1 rings (SSSR count). The molecule has 0 amide bonds. The normalized spacial score (nSPS) is 21.4. The highest BCUT2D eigenvalue weighted by Crippen LogP contribution is 2.23. The zero-order valence-corrected chi connectivity index (χ0v) is 9.11. The van der Waals surface area contributed by atoms with Gasteiger partial charge in [0.1, 0.15) is 0 Å². The molecule has 2 nitrogen and oxygen atoms in total. The zero-order chi connectivity index (χ0) is 11.1. The predicted molar refractivity (Wildman–Crippen MR) is 63.4 cm³/mol. The number of carbonyl (C=O) groups excluding carboxylic acids is 1. The summed E-state index contributed by atoms with van der Waals surface area (Å²) < 4.78 is 0. The molecule has 0 bridgehead atoms. The van der Waals surface area contributed by atoms with E-state index in [9.17, 15) is 4.79 Å². The Labute approximate surface area is 91.5 Å². The topological polar surface area (TPSA) is 43.1 Å². The Bertz CT molecular complexity index is 289. The molecule has 1 aliphatic carbocycles. The number of ketones is 1. The minimum Gasteiger partial charge on any atom is -0.330 e. The number of allylic oxidation sites excluding steroid dienone is 4. The van der Waals surface area contributed by atoms with Crippen LogP contribution in [0.25, 0.3) is 0 Å². The van der Waals surface area contributed by atoms with Crippen molar-refractivity contribution < 1.29 is 4.79 Å². The van der Waals surface area contributed by atoms with Gasteiger partial charge < -0.3 is 5.73 Å². The summed E-state index contributed by atoms with van der Waals surface area (Å²) in [5.41, 5.74) is 6.31. The van der Waals surface area contributed by atoms with Gasteiger partial charge in [0.2, 0.25) is 0 Å². The first-order chi connectivity index (χ1) is 7.29. The molecule has 1 unspecified atom stereocenters. The first-order valence-corrected chi connectivity index (χ1v) is 5.50. The lowest BCUT2D eigenvalue weighted by atomic mass is 9.86. The summed E-state index contributed by atoms with van der Waals surface area (Å²) in [4.78, 5) is 12.1. The molecule has 0 radical (unpaired) electrons. The third kappa shape index (κ3) is 3.48. The Kier molecular flexibility index (Phi) is 5.05. The molecule has 0 saturated carbocycles. The van der Waals surface area contributed by atoms with Gasteiger partial charge in [-0.05, 0) is 37.8 Å². The van der Waals surface area contributed by atoms with E-state index >= 15 is 0 Å². The molecule has 2 N–H and O–H groups in total. The lowest BCUT2D eigenvalue weighted by Gasteiger charge is -2.17. The van der Waals surface area contributed by atoms with Crippen molar-refractivity contribution in [3.05, 3.63) is 36.5 Å². The molecule has 1 atom stereocenters. The van der Waals surface area contributed by atoms with Gasteiger partial charge in [0.25, 0.3) is 0 Å². The van der Waals surface area contributed by atoms with Crippen molar-refractivity contribution in [1.29, 1.82) is 0 Å². The van der Waals surface area contributed by atoms with E-state index in [0.717, 1.165) is 24.8 Å². The van der Waals surface area contributed by atoms with Gasteiger partial charge in [-0.2, -0.15) is 0 Å². The molecule has 2 heteroatoms. The minimum atomic E-state index is 0.160. The van der Waals surface area contributed by atoms with E-state index in [1.54, 1.807) is 12.2 Å². The fraction of sp³-hybridized carbons (Fsp3) is 0.462. The monoisotopic (exact) mass is 205 g/mol. The second-order valence-electron chi connectivity index (χ2n) is 3.81. The van der Waals surface area contributed by atoms with E-state index in [0.29, 0.717) is 13.0 Å². The summed E-state index contributed by atoms with van der Waals surface area (Å²) in [6.07, 6.45) is 11.2. The summed E-state index contributed by atoms with van der Waals surface area (Å²) >= 11 is 0. The standard InChI is InChI=1S/C13H19NO/c1-2-6-11(9-10-14)13(15)12-7-4-3-5-8-12/h2-4,6,12H,1,5,7-10,14H2/b11-6+. The van der Waals surface area contributed by atoms with Crippen LogP contribution in [0.15, 0.2) is 36.5 Å². The van der Waals surface area contributed by atoms with E-state index in [4.69, 9.17) is 5.73 Å². The number of Topliss-reactive ketones (excluding diaryl/α,β-unsaturated/α-hetero) is 1. The fourth-order valence-corrected chi connectivity index (χ4v) is 1.88. The van der Waals surface area contributed by atoms with Crippen LogP contribution in [0.4, 0.5) is 0 Å². The second kappa shape index (κ2) is 6.36. The Morgan fingerprint density at radius 1 is 1.53 bits per heavy atom. The van der Waals surface area contributed by atoms with Crippen LogP contribution in [0, 0.1) is 5.92 Å². The average molecular weight is 205 g/mol. The largest absolute Gasteiger partial charge is 0.330 e. The van der Waals surface area contributed by atoms with E-state index < -0.39 is 0 Å². The first kappa shape index (κ1) is 11.9. The molecule has 0 aromatic heterocycles. The van der Waals surface area contributed by atoms with Crippen molar-refractivity contribution in [3.8, 4) is 0 Å². The molecular weight excluding hydrogens is 186 g/mol. The number of nitrogens with two attached hydrogens (primary N) is 1. The highest BCUT2D eigenvalue weighted by atomic mass is 16.1. The number of carbonyl (C=O) groups is 1. The molecular formula is C13H19NO. The van der Waals surface area contributed by atoms with Gasteiger partial charge in [-0.1, -0.05) is 30.9 Å². The molecule has 0 aromatic carbocycles. The molecule has 82 valence electrons. The SMILES string of the molecule is C=C/C=C(\CCN)C(=O)C1CC=CCC1. The van der Waals surface area contributed by atoms with Crippen molar-refractivity contribution in [2.24, 2.45) is 11.7 Å².